The van der Waals surface area contributed by atoms with Crippen LogP contribution in [-0.2, 0) is 9.59 Å². The van der Waals surface area contributed by atoms with Crippen LogP contribution in [0.15, 0.2) is 53.4 Å². The van der Waals surface area contributed by atoms with E-state index in [4.69, 9.17) is 0 Å². The van der Waals surface area contributed by atoms with Gasteiger partial charge in [-0.3, -0.25) is 14.4 Å². The molecule has 2 amide bonds. The number of ketones is 1. The van der Waals surface area contributed by atoms with Crippen molar-refractivity contribution in [3.05, 3.63) is 59.7 Å². The molecule has 1 atom stereocenters. The number of carbonyl (C=O) groups excluding carboxylic acids is 3. The second-order valence-corrected chi connectivity index (χ2v) is 8.55. The van der Waals surface area contributed by atoms with E-state index in [1.54, 1.807) is 19.1 Å². The predicted octanol–water partition coefficient (Wildman–Crippen LogP) is 3.32. The first-order valence-electron chi connectivity index (χ1n) is 9.84. The summed E-state index contributed by atoms with van der Waals surface area (Å²) in [6.07, 6.45) is 0.387. The molecule has 2 aromatic carbocycles. The number of nitrogens with one attached hydrogen (secondary N) is 2. The minimum atomic E-state index is -0.837. The van der Waals surface area contributed by atoms with Gasteiger partial charge in [-0.2, -0.15) is 0 Å². The third kappa shape index (κ3) is 7.22. The highest BCUT2D eigenvalue weighted by Gasteiger charge is 2.23. The Bertz CT molecular complexity index is 884. The summed E-state index contributed by atoms with van der Waals surface area (Å²) in [5.41, 5.74) is 0.741. The molecule has 0 aliphatic carbocycles. The fourth-order valence-electron chi connectivity index (χ4n) is 2.82. The van der Waals surface area contributed by atoms with E-state index in [2.05, 4.69) is 10.6 Å². The molecule has 30 heavy (non-hydrogen) atoms. The van der Waals surface area contributed by atoms with Gasteiger partial charge in [0.05, 0.1) is 6.54 Å². The van der Waals surface area contributed by atoms with Crippen LogP contribution in [0.5, 0.6) is 5.75 Å². The van der Waals surface area contributed by atoms with E-state index in [0.717, 1.165) is 4.90 Å². The van der Waals surface area contributed by atoms with E-state index in [0.29, 0.717) is 23.3 Å². The highest BCUT2D eigenvalue weighted by molar-refractivity contribution is 7.99. The zero-order valence-corrected chi connectivity index (χ0v) is 18.3. The zero-order valence-electron chi connectivity index (χ0n) is 17.5. The number of amides is 2. The first-order chi connectivity index (χ1) is 14.3. The molecule has 0 radical (unpaired) electrons. The molecule has 0 saturated carbocycles. The Kier molecular flexibility index (Phi) is 8.92. The van der Waals surface area contributed by atoms with Gasteiger partial charge in [0.1, 0.15) is 11.8 Å². The molecule has 0 heterocycles. The predicted molar refractivity (Wildman–Crippen MR) is 119 cm³/mol. The van der Waals surface area contributed by atoms with E-state index < -0.39 is 17.9 Å². The number of hydrogen-bond donors (Lipinski definition) is 3. The maximum atomic E-state index is 12.7. The van der Waals surface area contributed by atoms with Crippen molar-refractivity contribution in [3.63, 3.8) is 0 Å². The minimum Gasteiger partial charge on any atom is -0.508 e. The number of hydrogen-bond acceptors (Lipinski definition) is 5. The quantitative estimate of drug-likeness (QED) is 0.505. The van der Waals surface area contributed by atoms with Gasteiger partial charge in [0, 0.05) is 28.2 Å². The van der Waals surface area contributed by atoms with E-state index >= 15 is 0 Å². The third-order valence-corrected chi connectivity index (χ3v) is 5.53. The molecular weight excluding hydrogens is 400 g/mol. The molecule has 0 bridgehead atoms. The zero-order chi connectivity index (χ0) is 22.1. The van der Waals surface area contributed by atoms with Crippen LogP contribution in [-0.4, -0.2) is 41.0 Å². The average Bonchev–Trinajstić information content (AvgIpc) is 2.71. The van der Waals surface area contributed by atoms with Crippen LogP contribution >= 0.6 is 11.8 Å². The van der Waals surface area contributed by atoms with E-state index in [1.807, 2.05) is 44.2 Å². The molecule has 0 aromatic heterocycles. The maximum absolute atomic E-state index is 12.7. The topological polar surface area (TPSA) is 95.5 Å². The lowest BCUT2D eigenvalue weighted by molar-refractivity contribution is -0.126. The Hall–Kier alpha value is -2.80. The lowest BCUT2D eigenvalue weighted by Crippen LogP contribution is -2.49. The van der Waals surface area contributed by atoms with Crippen LogP contribution < -0.4 is 10.6 Å². The minimum absolute atomic E-state index is 0.0154. The average molecular weight is 429 g/mol. The molecule has 2 aromatic rings. The standard InChI is InChI=1S/C23H28N2O4S/c1-15(2)12-17(26)13-24-23(29)20(14-30-18-8-5-4-6-9-18)25-22(28)19-10-7-11-21(27)16(19)3/h4-11,15,20,27H,12-14H2,1-3H3,(H,24,29)(H,25,28)/t20-/m0/s1. The molecule has 0 spiro atoms. The molecule has 3 N–H and O–H groups in total. The Balaban J connectivity index is 2.09. The van der Waals surface area contributed by atoms with Crippen molar-refractivity contribution in [2.75, 3.05) is 12.3 Å². The Morgan fingerprint density at radius 2 is 1.73 bits per heavy atom. The van der Waals surface area contributed by atoms with Crippen molar-refractivity contribution in [1.82, 2.24) is 10.6 Å². The van der Waals surface area contributed by atoms with Crippen molar-refractivity contribution in [1.29, 1.82) is 0 Å². The number of aromatic hydroxyl groups is 1. The lowest BCUT2D eigenvalue weighted by Gasteiger charge is -2.19. The molecule has 0 saturated heterocycles. The molecule has 160 valence electrons. The van der Waals surface area contributed by atoms with Gasteiger partial charge in [0.15, 0.2) is 5.78 Å². The van der Waals surface area contributed by atoms with Crippen LogP contribution in [0, 0.1) is 12.8 Å². The molecule has 7 heteroatoms. The number of phenols is 1. The van der Waals surface area contributed by atoms with Crippen LogP contribution in [0.2, 0.25) is 0 Å². The van der Waals surface area contributed by atoms with Gasteiger partial charge in [-0.05, 0) is 37.1 Å². The van der Waals surface area contributed by atoms with E-state index in [9.17, 15) is 19.5 Å². The molecule has 0 fully saturated rings. The van der Waals surface area contributed by atoms with Crippen LogP contribution in [0.1, 0.15) is 36.2 Å². The van der Waals surface area contributed by atoms with Gasteiger partial charge in [0.25, 0.3) is 5.91 Å². The second-order valence-electron chi connectivity index (χ2n) is 7.45. The Labute approximate surface area is 181 Å². The fourth-order valence-corrected chi connectivity index (χ4v) is 3.76. The van der Waals surface area contributed by atoms with Crippen LogP contribution in [0.25, 0.3) is 0 Å². The summed E-state index contributed by atoms with van der Waals surface area (Å²) < 4.78 is 0. The van der Waals surface area contributed by atoms with Gasteiger partial charge >= 0.3 is 0 Å². The molecule has 2 rings (SSSR count). The summed E-state index contributed by atoms with van der Waals surface area (Å²) in [5, 5.41) is 15.2. The van der Waals surface area contributed by atoms with Gasteiger partial charge in [-0.1, -0.05) is 38.1 Å². The largest absolute Gasteiger partial charge is 0.508 e. The number of rotatable bonds is 10. The lowest BCUT2D eigenvalue weighted by atomic mass is 10.1. The van der Waals surface area contributed by atoms with Crippen LogP contribution in [0.3, 0.4) is 0 Å². The highest BCUT2D eigenvalue weighted by atomic mass is 32.2. The smallest absolute Gasteiger partial charge is 0.252 e. The van der Waals surface area contributed by atoms with Crippen molar-refractivity contribution in [2.45, 2.75) is 38.1 Å². The third-order valence-electron chi connectivity index (χ3n) is 4.43. The first-order valence-corrected chi connectivity index (χ1v) is 10.8. The normalized spacial score (nSPS) is 11.7. The monoisotopic (exact) mass is 428 g/mol. The summed E-state index contributed by atoms with van der Waals surface area (Å²) in [7, 11) is 0. The number of carbonyl (C=O) groups is 3. The number of Topliss-reactive ketones (excluding diaryl/α,β-unsaturated/α-hetero) is 1. The molecule has 0 aliphatic heterocycles. The number of phenolic OH excluding ortho intramolecular Hbond substituents is 1. The summed E-state index contributed by atoms with van der Waals surface area (Å²) >= 11 is 1.44. The van der Waals surface area contributed by atoms with Gasteiger partial charge in [0.2, 0.25) is 5.91 Å². The fraction of sp³-hybridized carbons (Fsp3) is 0.348. The maximum Gasteiger partial charge on any atom is 0.252 e. The van der Waals surface area contributed by atoms with Gasteiger partial charge in [-0.15, -0.1) is 11.8 Å². The summed E-state index contributed by atoms with van der Waals surface area (Å²) in [6.45, 7) is 5.46. The molecule has 0 aliphatic rings. The molecular formula is C23H28N2O4S. The van der Waals surface area contributed by atoms with Crippen LogP contribution in [0.4, 0.5) is 0 Å². The number of benzene rings is 2. The molecule has 0 unspecified atom stereocenters. The summed E-state index contributed by atoms with van der Waals surface area (Å²) in [5.74, 6) is -0.387. The van der Waals surface area contributed by atoms with Gasteiger partial charge in [-0.25, -0.2) is 0 Å². The summed E-state index contributed by atoms with van der Waals surface area (Å²) in [6, 6.07) is 13.4. The number of thioether (sulfide) groups is 1. The second kappa shape index (κ2) is 11.4. The Morgan fingerprint density at radius 3 is 2.40 bits per heavy atom. The van der Waals surface area contributed by atoms with Crippen molar-refractivity contribution in [2.24, 2.45) is 5.92 Å². The molecule has 6 nitrogen and oxygen atoms in total. The van der Waals surface area contributed by atoms with Gasteiger partial charge < -0.3 is 15.7 Å². The van der Waals surface area contributed by atoms with Crippen molar-refractivity contribution in [3.8, 4) is 5.75 Å². The highest BCUT2D eigenvalue weighted by Crippen LogP contribution is 2.21. The van der Waals surface area contributed by atoms with E-state index in [-0.39, 0.29) is 24.0 Å². The Morgan fingerprint density at radius 1 is 1.03 bits per heavy atom. The SMILES string of the molecule is Cc1c(O)cccc1C(=O)N[C@@H](CSc1ccccc1)C(=O)NCC(=O)CC(C)C. The first kappa shape index (κ1) is 23.5. The van der Waals surface area contributed by atoms with Crippen molar-refractivity contribution >= 4 is 29.4 Å². The van der Waals surface area contributed by atoms with Crippen molar-refractivity contribution < 1.29 is 19.5 Å². The van der Waals surface area contributed by atoms with E-state index in [1.165, 1.54) is 17.8 Å². The summed E-state index contributed by atoms with van der Waals surface area (Å²) in [4.78, 5) is 38.4.